The second kappa shape index (κ2) is 4.26. The molecule has 1 saturated carbocycles. The zero-order chi connectivity index (χ0) is 14.3. The van der Waals surface area contributed by atoms with Gasteiger partial charge in [-0.25, -0.2) is 0 Å². The predicted molar refractivity (Wildman–Crippen MR) is 61.1 cm³/mol. The van der Waals surface area contributed by atoms with Crippen molar-refractivity contribution in [3.8, 4) is 6.07 Å². The number of carbonyl (C=O) groups is 1. The number of hydrogen-bond donors (Lipinski definition) is 1. The van der Waals surface area contributed by atoms with E-state index < -0.39 is 28.6 Å². The summed E-state index contributed by atoms with van der Waals surface area (Å²) in [7, 11) is 0. The molecule has 0 aliphatic heterocycles. The molecule has 1 aliphatic carbocycles. The van der Waals surface area contributed by atoms with Gasteiger partial charge in [-0.1, -0.05) is 12.1 Å². The van der Waals surface area contributed by atoms with Crippen LogP contribution in [0.5, 0.6) is 0 Å². The van der Waals surface area contributed by atoms with E-state index in [1.807, 2.05) is 6.07 Å². The Bertz CT molecular complexity index is 568. The van der Waals surface area contributed by atoms with Gasteiger partial charge in [0.25, 0.3) is 0 Å². The van der Waals surface area contributed by atoms with E-state index in [0.717, 1.165) is 6.07 Å². The lowest BCUT2D eigenvalue weighted by atomic mass is 9.64. The summed E-state index contributed by atoms with van der Waals surface area (Å²) in [4.78, 5) is 11.2. The first-order valence-electron chi connectivity index (χ1n) is 5.73. The topological polar surface area (TPSA) is 66.9 Å². The molecule has 0 saturated heterocycles. The normalized spacial score (nSPS) is 17.4. The maximum Gasteiger partial charge on any atom is 0.417 e. The van der Waals surface area contributed by atoms with Crippen LogP contribution in [0, 0.1) is 11.3 Å². The third-order valence-corrected chi connectivity index (χ3v) is 3.55. The molecular weight excluding hydrogens is 257 g/mol. The van der Waals surface area contributed by atoms with Gasteiger partial charge in [0.1, 0.15) is 0 Å². The van der Waals surface area contributed by atoms with Crippen LogP contribution in [0.15, 0.2) is 18.2 Å². The molecule has 2 N–H and O–H groups in total. The summed E-state index contributed by atoms with van der Waals surface area (Å²) < 4.78 is 39.5. The molecule has 0 bridgehead atoms. The van der Waals surface area contributed by atoms with Crippen LogP contribution in [0.2, 0.25) is 0 Å². The highest BCUT2D eigenvalue weighted by Gasteiger charge is 2.47. The first kappa shape index (κ1) is 13.4. The molecule has 0 atom stereocenters. The standard InChI is InChI=1S/C13H11F3N2O/c14-13(15,16)10-8(11(18)19)3-1-4-9(10)12(7-17)5-2-6-12/h1,3-4H,2,5-6H2,(H2,18,19). The number of carbonyl (C=O) groups excluding carboxylic acids is 1. The van der Waals surface area contributed by atoms with Crippen molar-refractivity contribution in [2.45, 2.75) is 30.9 Å². The maximum atomic E-state index is 13.2. The Balaban J connectivity index is 2.72. The number of halogens is 3. The van der Waals surface area contributed by atoms with Crippen LogP contribution in [0.3, 0.4) is 0 Å². The average Bonchev–Trinajstić information content (AvgIpc) is 2.26. The van der Waals surface area contributed by atoms with Crippen molar-refractivity contribution < 1.29 is 18.0 Å². The molecule has 19 heavy (non-hydrogen) atoms. The van der Waals surface area contributed by atoms with Gasteiger partial charge in [0.2, 0.25) is 5.91 Å². The lowest BCUT2D eigenvalue weighted by molar-refractivity contribution is -0.139. The summed E-state index contributed by atoms with van der Waals surface area (Å²) in [6.07, 6.45) is -3.27. The number of hydrogen-bond acceptors (Lipinski definition) is 2. The van der Waals surface area contributed by atoms with E-state index in [-0.39, 0.29) is 5.56 Å². The fourth-order valence-electron chi connectivity index (χ4n) is 2.43. The summed E-state index contributed by atoms with van der Waals surface area (Å²) in [5.41, 5.74) is 2.08. The van der Waals surface area contributed by atoms with E-state index in [1.165, 1.54) is 12.1 Å². The number of nitrogens with zero attached hydrogens (tertiary/aromatic N) is 1. The Morgan fingerprint density at radius 3 is 2.37 bits per heavy atom. The molecule has 0 unspecified atom stereocenters. The van der Waals surface area contributed by atoms with Gasteiger partial charge in [0.15, 0.2) is 0 Å². The minimum Gasteiger partial charge on any atom is -0.366 e. The molecule has 1 aliphatic rings. The van der Waals surface area contributed by atoms with Gasteiger partial charge in [0, 0.05) is 0 Å². The van der Waals surface area contributed by atoms with Gasteiger partial charge in [-0.05, 0) is 30.9 Å². The second-order valence-electron chi connectivity index (χ2n) is 4.64. The van der Waals surface area contributed by atoms with Crippen LogP contribution in [-0.2, 0) is 11.6 Å². The molecule has 1 fully saturated rings. The zero-order valence-corrected chi connectivity index (χ0v) is 9.92. The van der Waals surface area contributed by atoms with E-state index in [1.54, 1.807) is 0 Å². The molecule has 2 rings (SSSR count). The monoisotopic (exact) mass is 268 g/mol. The lowest BCUT2D eigenvalue weighted by Crippen LogP contribution is -2.36. The minimum absolute atomic E-state index is 0.134. The molecular formula is C13H11F3N2O. The molecule has 0 spiro atoms. The lowest BCUT2D eigenvalue weighted by Gasteiger charge is -2.37. The highest BCUT2D eigenvalue weighted by Crippen LogP contribution is 2.48. The third-order valence-electron chi connectivity index (χ3n) is 3.55. The van der Waals surface area contributed by atoms with Gasteiger partial charge >= 0.3 is 6.18 Å². The number of primary amides is 1. The second-order valence-corrected chi connectivity index (χ2v) is 4.64. The Hall–Kier alpha value is -2.03. The summed E-state index contributed by atoms with van der Waals surface area (Å²) in [6, 6.07) is 5.59. The van der Waals surface area contributed by atoms with Crippen LogP contribution >= 0.6 is 0 Å². The number of amides is 1. The zero-order valence-electron chi connectivity index (χ0n) is 9.92. The summed E-state index contributed by atoms with van der Waals surface area (Å²) in [6.45, 7) is 0. The molecule has 0 heterocycles. The largest absolute Gasteiger partial charge is 0.417 e. The number of benzene rings is 1. The van der Waals surface area contributed by atoms with E-state index in [0.29, 0.717) is 19.3 Å². The van der Waals surface area contributed by atoms with E-state index in [9.17, 15) is 23.2 Å². The third kappa shape index (κ3) is 2.05. The fourth-order valence-corrected chi connectivity index (χ4v) is 2.43. The molecule has 1 amide bonds. The quantitative estimate of drug-likeness (QED) is 0.896. The van der Waals surface area contributed by atoms with E-state index in [4.69, 9.17) is 5.73 Å². The minimum atomic E-state index is -4.71. The Labute approximate surface area is 107 Å². The van der Waals surface area contributed by atoms with Crippen LogP contribution in [0.25, 0.3) is 0 Å². The van der Waals surface area contributed by atoms with Crippen LogP contribution in [-0.4, -0.2) is 5.91 Å². The van der Waals surface area contributed by atoms with Crippen molar-refractivity contribution in [1.82, 2.24) is 0 Å². The van der Waals surface area contributed by atoms with Crippen molar-refractivity contribution >= 4 is 5.91 Å². The summed E-state index contributed by atoms with van der Waals surface area (Å²) in [5, 5.41) is 9.18. The van der Waals surface area contributed by atoms with Crippen molar-refractivity contribution in [3.63, 3.8) is 0 Å². The smallest absolute Gasteiger partial charge is 0.366 e. The molecule has 1 aromatic carbocycles. The molecule has 1 aromatic rings. The van der Waals surface area contributed by atoms with Gasteiger partial charge in [-0.3, -0.25) is 4.79 Å². The molecule has 0 aromatic heterocycles. The molecule has 6 heteroatoms. The molecule has 0 radical (unpaired) electrons. The first-order chi connectivity index (χ1) is 8.82. The van der Waals surface area contributed by atoms with Crippen LogP contribution in [0.4, 0.5) is 13.2 Å². The number of rotatable bonds is 2. The predicted octanol–water partition coefficient (Wildman–Crippen LogP) is 2.75. The van der Waals surface area contributed by atoms with Crippen molar-refractivity contribution in [3.05, 3.63) is 34.9 Å². The Morgan fingerprint density at radius 1 is 1.37 bits per heavy atom. The highest BCUT2D eigenvalue weighted by atomic mass is 19.4. The van der Waals surface area contributed by atoms with Gasteiger partial charge in [0.05, 0.1) is 22.6 Å². The Morgan fingerprint density at radius 2 is 2.00 bits per heavy atom. The van der Waals surface area contributed by atoms with Crippen molar-refractivity contribution in [2.75, 3.05) is 0 Å². The summed E-state index contributed by atoms with van der Waals surface area (Å²) in [5.74, 6) is -1.14. The number of alkyl halides is 3. The van der Waals surface area contributed by atoms with Gasteiger partial charge < -0.3 is 5.73 Å². The first-order valence-corrected chi connectivity index (χ1v) is 5.73. The van der Waals surface area contributed by atoms with E-state index in [2.05, 4.69) is 0 Å². The SMILES string of the molecule is N#CC1(c2cccc(C(N)=O)c2C(F)(F)F)CCC1. The highest BCUT2D eigenvalue weighted by molar-refractivity contribution is 5.95. The van der Waals surface area contributed by atoms with Crippen molar-refractivity contribution in [1.29, 1.82) is 5.26 Å². The fraction of sp³-hybridized carbons (Fsp3) is 0.385. The number of nitriles is 1. The van der Waals surface area contributed by atoms with Gasteiger partial charge in [-0.15, -0.1) is 0 Å². The van der Waals surface area contributed by atoms with Crippen LogP contribution in [0.1, 0.15) is 40.7 Å². The van der Waals surface area contributed by atoms with E-state index >= 15 is 0 Å². The van der Waals surface area contributed by atoms with Gasteiger partial charge in [-0.2, -0.15) is 18.4 Å². The van der Waals surface area contributed by atoms with Crippen LogP contribution < -0.4 is 5.73 Å². The Kier molecular flexibility index (Phi) is 3.01. The molecule has 3 nitrogen and oxygen atoms in total. The van der Waals surface area contributed by atoms with Crippen molar-refractivity contribution in [2.24, 2.45) is 5.73 Å². The maximum absolute atomic E-state index is 13.2. The number of nitrogens with two attached hydrogens (primary N) is 1. The average molecular weight is 268 g/mol. The summed E-state index contributed by atoms with van der Waals surface area (Å²) >= 11 is 0. The molecule has 100 valence electrons.